The lowest BCUT2D eigenvalue weighted by Gasteiger charge is -2.16. The van der Waals surface area contributed by atoms with E-state index in [2.05, 4.69) is 61.9 Å². The van der Waals surface area contributed by atoms with Gasteiger partial charge in [0.05, 0.1) is 26.6 Å². The van der Waals surface area contributed by atoms with Crippen molar-refractivity contribution in [1.82, 2.24) is 19.7 Å². The van der Waals surface area contributed by atoms with Crippen LogP contribution in [0.3, 0.4) is 0 Å². The molecule has 0 atom stereocenters. The molecule has 110 valence electrons. The molecule has 0 fully saturated rings. The van der Waals surface area contributed by atoms with Crippen LogP contribution in [-0.4, -0.2) is 26.7 Å². The van der Waals surface area contributed by atoms with Crippen LogP contribution in [0.2, 0.25) is 0 Å². The van der Waals surface area contributed by atoms with Crippen molar-refractivity contribution in [2.24, 2.45) is 0 Å². The Morgan fingerprint density at radius 3 is 2.65 bits per heavy atom. The van der Waals surface area contributed by atoms with E-state index in [0.717, 1.165) is 46.9 Å². The molecule has 0 spiro atoms. The van der Waals surface area contributed by atoms with Gasteiger partial charge in [-0.05, 0) is 43.2 Å². The molecule has 0 aliphatic carbocycles. The smallest absolute Gasteiger partial charge is 0.0897 e. The van der Waals surface area contributed by atoms with Gasteiger partial charge in [0.1, 0.15) is 0 Å². The number of nitrogens with zero attached hydrogens (tertiary/aromatic N) is 4. The summed E-state index contributed by atoms with van der Waals surface area (Å²) in [6, 6.07) is 0. The van der Waals surface area contributed by atoms with Crippen LogP contribution in [-0.2, 0) is 26.1 Å². The Morgan fingerprint density at radius 1 is 1.35 bits per heavy atom. The lowest BCUT2D eigenvalue weighted by molar-refractivity contribution is 0.303. The fourth-order valence-corrected chi connectivity index (χ4v) is 3.53. The van der Waals surface area contributed by atoms with Gasteiger partial charge in [-0.2, -0.15) is 5.10 Å². The second-order valence-electron chi connectivity index (χ2n) is 4.91. The Balaban J connectivity index is 2.10. The van der Waals surface area contributed by atoms with E-state index in [4.69, 9.17) is 0 Å². The maximum atomic E-state index is 4.64. The minimum atomic E-state index is 0.868. The molecular formula is C14H21BrN4S. The van der Waals surface area contributed by atoms with Crippen LogP contribution in [0.25, 0.3) is 0 Å². The van der Waals surface area contributed by atoms with Gasteiger partial charge in [-0.3, -0.25) is 9.58 Å². The zero-order valence-corrected chi connectivity index (χ0v) is 14.9. The first-order valence-electron chi connectivity index (χ1n) is 6.88. The van der Waals surface area contributed by atoms with E-state index in [-0.39, 0.29) is 0 Å². The van der Waals surface area contributed by atoms with Crippen molar-refractivity contribution in [2.45, 2.75) is 46.8 Å². The zero-order valence-electron chi connectivity index (χ0n) is 12.5. The largest absolute Gasteiger partial charge is 0.295 e. The molecule has 2 aromatic rings. The second-order valence-corrected chi connectivity index (χ2v) is 6.76. The van der Waals surface area contributed by atoms with Crippen molar-refractivity contribution >= 4 is 27.3 Å². The number of thiazole rings is 1. The summed E-state index contributed by atoms with van der Waals surface area (Å²) in [5.41, 5.74) is 3.53. The zero-order chi connectivity index (χ0) is 14.7. The van der Waals surface area contributed by atoms with Crippen molar-refractivity contribution in [3.8, 4) is 0 Å². The number of rotatable bonds is 6. The molecule has 0 saturated heterocycles. The Labute approximate surface area is 133 Å². The Bertz CT molecular complexity index is 576. The summed E-state index contributed by atoms with van der Waals surface area (Å²) in [5.74, 6) is 0. The highest BCUT2D eigenvalue weighted by molar-refractivity contribution is 9.10. The fraction of sp³-hybridized carbons (Fsp3) is 0.571. The highest BCUT2D eigenvalue weighted by Gasteiger charge is 2.15. The highest BCUT2D eigenvalue weighted by Crippen LogP contribution is 2.24. The summed E-state index contributed by atoms with van der Waals surface area (Å²) in [6.45, 7) is 8.96. The number of hydrogen-bond donors (Lipinski definition) is 0. The molecule has 6 heteroatoms. The molecule has 0 N–H and O–H groups in total. The van der Waals surface area contributed by atoms with Crippen LogP contribution < -0.4 is 0 Å². The molecule has 2 heterocycles. The molecule has 0 saturated carbocycles. The van der Waals surface area contributed by atoms with Gasteiger partial charge in [-0.1, -0.05) is 6.92 Å². The van der Waals surface area contributed by atoms with E-state index >= 15 is 0 Å². The first-order chi connectivity index (χ1) is 9.55. The first-order valence-corrected chi connectivity index (χ1v) is 8.56. The Morgan fingerprint density at radius 2 is 2.10 bits per heavy atom. The van der Waals surface area contributed by atoms with Gasteiger partial charge in [0, 0.05) is 25.0 Å². The van der Waals surface area contributed by atoms with Crippen molar-refractivity contribution < 1.29 is 0 Å². The van der Waals surface area contributed by atoms with Gasteiger partial charge in [-0.25, -0.2) is 4.98 Å². The monoisotopic (exact) mass is 356 g/mol. The van der Waals surface area contributed by atoms with E-state index in [1.807, 2.05) is 6.92 Å². The van der Waals surface area contributed by atoms with Crippen molar-refractivity contribution in [3.63, 3.8) is 0 Å². The van der Waals surface area contributed by atoms with Gasteiger partial charge in [0.2, 0.25) is 0 Å². The fourth-order valence-electron chi connectivity index (χ4n) is 2.24. The SMILES string of the molecule is CCc1nn(CC)c(CN(C)Cc2csc(C)n2)c1Br. The molecule has 0 aliphatic rings. The molecule has 0 radical (unpaired) electrons. The summed E-state index contributed by atoms with van der Waals surface area (Å²) in [6.07, 6.45) is 0.954. The maximum Gasteiger partial charge on any atom is 0.0897 e. The minimum absolute atomic E-state index is 0.868. The molecule has 0 bridgehead atoms. The van der Waals surface area contributed by atoms with Gasteiger partial charge in [0.25, 0.3) is 0 Å². The molecule has 0 amide bonds. The third kappa shape index (κ3) is 3.48. The Hall–Kier alpha value is -0.720. The molecule has 0 aliphatic heterocycles. The average molecular weight is 357 g/mol. The highest BCUT2D eigenvalue weighted by atomic mass is 79.9. The van der Waals surface area contributed by atoms with E-state index in [1.165, 1.54) is 5.69 Å². The third-order valence-corrected chi connectivity index (χ3v) is 4.95. The normalized spacial score (nSPS) is 11.5. The lowest BCUT2D eigenvalue weighted by Crippen LogP contribution is -2.20. The van der Waals surface area contributed by atoms with Crippen molar-refractivity contribution in [3.05, 3.63) is 31.9 Å². The average Bonchev–Trinajstić information content (AvgIpc) is 2.95. The van der Waals surface area contributed by atoms with Crippen LogP contribution in [0.5, 0.6) is 0 Å². The van der Waals surface area contributed by atoms with Crippen molar-refractivity contribution in [1.29, 1.82) is 0 Å². The summed E-state index contributed by atoms with van der Waals surface area (Å²) in [5, 5.41) is 7.90. The molecule has 20 heavy (non-hydrogen) atoms. The van der Waals surface area contributed by atoms with E-state index < -0.39 is 0 Å². The van der Waals surface area contributed by atoms with Gasteiger partial charge in [0.15, 0.2) is 0 Å². The van der Waals surface area contributed by atoms with Crippen LogP contribution in [0.1, 0.15) is 35.9 Å². The number of halogens is 1. The number of hydrogen-bond acceptors (Lipinski definition) is 4. The topological polar surface area (TPSA) is 34.0 Å². The molecule has 2 rings (SSSR count). The van der Waals surface area contributed by atoms with Crippen LogP contribution in [0, 0.1) is 6.92 Å². The lowest BCUT2D eigenvalue weighted by atomic mass is 10.3. The van der Waals surface area contributed by atoms with E-state index in [9.17, 15) is 0 Å². The van der Waals surface area contributed by atoms with E-state index in [0.29, 0.717) is 0 Å². The van der Waals surface area contributed by atoms with Crippen LogP contribution in [0.15, 0.2) is 9.85 Å². The standard InChI is InChI=1S/C14H21BrN4S/c1-5-12-14(15)13(19(6-2)17-12)8-18(4)7-11-9-20-10(3)16-11/h9H,5-8H2,1-4H3. The van der Waals surface area contributed by atoms with Crippen LogP contribution >= 0.6 is 27.3 Å². The molecule has 0 aromatic carbocycles. The number of aromatic nitrogens is 3. The molecule has 4 nitrogen and oxygen atoms in total. The Kier molecular flexibility index (Phi) is 5.35. The van der Waals surface area contributed by atoms with Gasteiger partial charge >= 0.3 is 0 Å². The van der Waals surface area contributed by atoms with E-state index in [1.54, 1.807) is 11.3 Å². The van der Waals surface area contributed by atoms with Crippen LogP contribution in [0.4, 0.5) is 0 Å². The van der Waals surface area contributed by atoms with Crippen molar-refractivity contribution in [2.75, 3.05) is 7.05 Å². The number of aryl methyl sites for hydroxylation is 3. The summed E-state index contributed by atoms with van der Waals surface area (Å²) in [4.78, 5) is 6.80. The summed E-state index contributed by atoms with van der Waals surface area (Å²) < 4.78 is 3.24. The predicted molar refractivity (Wildman–Crippen MR) is 87.0 cm³/mol. The van der Waals surface area contributed by atoms with Gasteiger partial charge < -0.3 is 0 Å². The van der Waals surface area contributed by atoms with Gasteiger partial charge in [-0.15, -0.1) is 11.3 Å². The third-order valence-electron chi connectivity index (χ3n) is 3.21. The molecule has 0 unspecified atom stereocenters. The second kappa shape index (κ2) is 6.83. The summed E-state index contributed by atoms with van der Waals surface area (Å²) in [7, 11) is 2.12. The first kappa shape index (κ1) is 15.7. The molecule has 2 aromatic heterocycles. The minimum Gasteiger partial charge on any atom is -0.295 e. The summed E-state index contributed by atoms with van der Waals surface area (Å²) >= 11 is 5.40. The quantitative estimate of drug-likeness (QED) is 0.792. The predicted octanol–water partition coefficient (Wildman–Crippen LogP) is 3.62. The molecular weight excluding hydrogens is 336 g/mol. The maximum absolute atomic E-state index is 4.64.